The summed E-state index contributed by atoms with van der Waals surface area (Å²) in [7, 11) is 0. The van der Waals surface area contributed by atoms with E-state index in [0.717, 1.165) is 11.1 Å². The Kier molecular flexibility index (Phi) is 7.24. The van der Waals surface area contributed by atoms with E-state index in [-0.39, 0.29) is 24.3 Å². The minimum absolute atomic E-state index is 0.126. The second kappa shape index (κ2) is 10.3. The SMILES string of the molecule is Cc1cccc(Cl)c1NC(=O)C1N([C@@H](CO)C(C)C)C(=O)[C@@H]2[C@H](C(=O)NCc3ccccc3)[C@@H]3CCC12O3. The van der Waals surface area contributed by atoms with Gasteiger partial charge in [0.1, 0.15) is 11.6 Å². The Labute approximate surface area is 227 Å². The molecule has 2 aromatic rings. The number of hydrogen-bond acceptors (Lipinski definition) is 5. The van der Waals surface area contributed by atoms with Crippen LogP contribution < -0.4 is 10.6 Å². The standard InChI is InChI=1S/C29H34ClN3O5/c1-16(2)20(15-34)33-25(27(36)32-24-17(3)8-7-11-19(24)30)29-13-12-21(38-29)22(23(29)28(33)37)26(35)31-14-18-9-5-4-6-10-18/h4-11,16,20-23,25,34H,12-15H2,1-3H3,(H,31,35)(H,32,36)/t20-,21-,22+,23-,25?,29?/m0/s1. The van der Waals surface area contributed by atoms with Crippen LogP contribution in [0.2, 0.25) is 5.02 Å². The van der Waals surface area contributed by atoms with Crippen LogP contribution in [-0.4, -0.2) is 58.1 Å². The number of hydrogen-bond donors (Lipinski definition) is 3. The van der Waals surface area contributed by atoms with Crippen molar-refractivity contribution in [2.75, 3.05) is 11.9 Å². The smallest absolute Gasteiger partial charge is 0.250 e. The third-order valence-electron chi connectivity index (χ3n) is 8.38. The number of benzene rings is 2. The highest BCUT2D eigenvalue weighted by atomic mass is 35.5. The van der Waals surface area contributed by atoms with Gasteiger partial charge in [0.05, 0.1) is 41.3 Å². The number of likely N-dealkylation sites (tertiary alicyclic amines) is 1. The van der Waals surface area contributed by atoms with Gasteiger partial charge in [0.2, 0.25) is 17.7 Å². The fourth-order valence-corrected chi connectivity index (χ4v) is 6.82. The van der Waals surface area contributed by atoms with E-state index in [1.54, 1.807) is 12.1 Å². The molecule has 9 heteroatoms. The van der Waals surface area contributed by atoms with E-state index in [1.807, 2.05) is 57.2 Å². The summed E-state index contributed by atoms with van der Waals surface area (Å²) in [5, 5.41) is 16.6. The third-order valence-corrected chi connectivity index (χ3v) is 8.70. The third kappa shape index (κ3) is 4.28. The van der Waals surface area contributed by atoms with Gasteiger partial charge in [-0.15, -0.1) is 0 Å². The van der Waals surface area contributed by atoms with Gasteiger partial charge >= 0.3 is 0 Å². The maximum absolute atomic E-state index is 14.1. The summed E-state index contributed by atoms with van der Waals surface area (Å²) < 4.78 is 6.48. The Morgan fingerprint density at radius 2 is 1.89 bits per heavy atom. The van der Waals surface area contributed by atoms with Crippen molar-refractivity contribution >= 4 is 35.0 Å². The first-order valence-electron chi connectivity index (χ1n) is 13.2. The number of rotatable bonds is 8. The zero-order valence-corrected chi connectivity index (χ0v) is 22.6. The highest BCUT2D eigenvalue weighted by molar-refractivity contribution is 6.34. The Morgan fingerprint density at radius 3 is 2.55 bits per heavy atom. The molecular formula is C29H34ClN3O5. The predicted molar refractivity (Wildman–Crippen MR) is 143 cm³/mol. The summed E-state index contributed by atoms with van der Waals surface area (Å²) in [5.74, 6) is -2.66. The molecule has 2 bridgehead atoms. The van der Waals surface area contributed by atoms with E-state index < -0.39 is 41.5 Å². The second-order valence-electron chi connectivity index (χ2n) is 10.9. The average molecular weight is 540 g/mol. The molecule has 0 radical (unpaired) electrons. The number of para-hydroxylation sites is 1. The molecule has 0 aliphatic carbocycles. The fourth-order valence-electron chi connectivity index (χ4n) is 6.55. The summed E-state index contributed by atoms with van der Waals surface area (Å²) in [6, 6.07) is 13.3. The first-order valence-corrected chi connectivity index (χ1v) is 13.6. The molecule has 2 aromatic carbocycles. The zero-order valence-electron chi connectivity index (χ0n) is 21.8. The van der Waals surface area contributed by atoms with E-state index in [1.165, 1.54) is 4.90 Å². The summed E-state index contributed by atoms with van der Waals surface area (Å²) >= 11 is 6.40. The molecule has 8 nitrogen and oxygen atoms in total. The van der Waals surface area contributed by atoms with Crippen LogP contribution in [0.15, 0.2) is 48.5 Å². The fraction of sp³-hybridized carbons (Fsp3) is 0.483. The Morgan fingerprint density at radius 1 is 1.16 bits per heavy atom. The summed E-state index contributed by atoms with van der Waals surface area (Å²) in [4.78, 5) is 43.1. The highest BCUT2D eigenvalue weighted by Gasteiger charge is 2.75. The Balaban J connectivity index is 1.49. The van der Waals surface area contributed by atoms with Crippen LogP contribution in [0, 0.1) is 24.7 Å². The van der Waals surface area contributed by atoms with E-state index in [0.29, 0.717) is 30.1 Å². The molecule has 3 fully saturated rings. The van der Waals surface area contributed by atoms with Gasteiger partial charge in [-0.25, -0.2) is 0 Å². The van der Waals surface area contributed by atoms with Crippen LogP contribution >= 0.6 is 11.6 Å². The normalized spacial score (nSPS) is 28.5. The molecule has 5 rings (SSSR count). The number of nitrogens with one attached hydrogen (secondary N) is 2. The van der Waals surface area contributed by atoms with Gasteiger partial charge in [-0.3, -0.25) is 14.4 Å². The number of carbonyl (C=O) groups excluding carboxylic acids is 3. The topological polar surface area (TPSA) is 108 Å². The Bertz CT molecular complexity index is 1220. The largest absolute Gasteiger partial charge is 0.394 e. The van der Waals surface area contributed by atoms with E-state index in [2.05, 4.69) is 10.6 Å². The molecular weight excluding hydrogens is 506 g/mol. The molecule has 2 unspecified atom stereocenters. The maximum Gasteiger partial charge on any atom is 0.250 e. The van der Waals surface area contributed by atoms with Gasteiger partial charge in [0.25, 0.3) is 0 Å². The minimum atomic E-state index is -1.15. The summed E-state index contributed by atoms with van der Waals surface area (Å²) in [5.41, 5.74) is 1.05. The van der Waals surface area contributed by atoms with Gasteiger partial charge in [0.15, 0.2) is 0 Å². The number of aryl methyl sites for hydroxylation is 1. The number of halogens is 1. The van der Waals surface area contributed by atoms with Gasteiger partial charge in [-0.1, -0.05) is 67.9 Å². The molecule has 3 aliphatic rings. The zero-order chi connectivity index (χ0) is 27.2. The van der Waals surface area contributed by atoms with Gasteiger partial charge in [-0.2, -0.15) is 0 Å². The number of aliphatic hydroxyl groups excluding tert-OH is 1. The number of aliphatic hydroxyl groups is 1. The monoisotopic (exact) mass is 539 g/mol. The summed E-state index contributed by atoms with van der Waals surface area (Å²) in [6.45, 7) is 5.66. The lowest BCUT2D eigenvalue weighted by Gasteiger charge is -2.38. The molecule has 3 aliphatic heterocycles. The molecule has 3 N–H and O–H groups in total. The van der Waals surface area contributed by atoms with Crippen LogP contribution in [0.4, 0.5) is 5.69 Å². The van der Waals surface area contributed by atoms with E-state index in [9.17, 15) is 19.5 Å². The van der Waals surface area contributed by atoms with Crippen molar-refractivity contribution < 1.29 is 24.2 Å². The van der Waals surface area contributed by atoms with Crippen molar-refractivity contribution in [3.05, 3.63) is 64.7 Å². The van der Waals surface area contributed by atoms with Crippen molar-refractivity contribution in [1.29, 1.82) is 0 Å². The molecule has 1 spiro atoms. The van der Waals surface area contributed by atoms with Crippen molar-refractivity contribution in [1.82, 2.24) is 10.2 Å². The molecule has 0 saturated carbocycles. The molecule has 3 saturated heterocycles. The van der Waals surface area contributed by atoms with Crippen molar-refractivity contribution in [2.45, 2.75) is 63.9 Å². The maximum atomic E-state index is 14.1. The lowest BCUT2D eigenvalue weighted by Crippen LogP contribution is -2.57. The first kappa shape index (κ1) is 26.7. The van der Waals surface area contributed by atoms with Crippen LogP contribution in [0.25, 0.3) is 0 Å². The van der Waals surface area contributed by atoms with Gasteiger partial charge < -0.3 is 25.4 Å². The average Bonchev–Trinajstić information content (AvgIpc) is 3.53. The lowest BCUT2D eigenvalue weighted by molar-refractivity contribution is -0.145. The second-order valence-corrected chi connectivity index (χ2v) is 11.3. The van der Waals surface area contributed by atoms with Crippen LogP contribution in [-0.2, 0) is 25.7 Å². The number of fused-ring (bicyclic) bond motifs is 1. The number of ether oxygens (including phenoxy) is 1. The number of nitrogens with zero attached hydrogens (tertiary/aromatic N) is 1. The predicted octanol–water partition coefficient (Wildman–Crippen LogP) is 3.29. The lowest BCUT2D eigenvalue weighted by atomic mass is 9.70. The van der Waals surface area contributed by atoms with Crippen molar-refractivity contribution in [3.63, 3.8) is 0 Å². The van der Waals surface area contributed by atoms with E-state index in [4.69, 9.17) is 16.3 Å². The molecule has 202 valence electrons. The van der Waals surface area contributed by atoms with Crippen molar-refractivity contribution in [3.8, 4) is 0 Å². The van der Waals surface area contributed by atoms with Gasteiger partial charge in [0, 0.05) is 6.54 Å². The molecule has 0 aromatic heterocycles. The molecule has 3 amide bonds. The van der Waals surface area contributed by atoms with Crippen LogP contribution in [0.3, 0.4) is 0 Å². The highest BCUT2D eigenvalue weighted by Crippen LogP contribution is 2.59. The number of carbonyl (C=O) groups is 3. The molecule has 38 heavy (non-hydrogen) atoms. The van der Waals surface area contributed by atoms with Gasteiger partial charge in [-0.05, 0) is 42.9 Å². The quantitative estimate of drug-likeness (QED) is 0.477. The summed E-state index contributed by atoms with van der Waals surface area (Å²) in [6.07, 6.45) is 0.593. The Hall–Kier alpha value is -2.94. The number of anilines is 1. The van der Waals surface area contributed by atoms with Crippen LogP contribution in [0.5, 0.6) is 0 Å². The minimum Gasteiger partial charge on any atom is -0.394 e. The van der Waals surface area contributed by atoms with Crippen molar-refractivity contribution in [2.24, 2.45) is 17.8 Å². The number of amides is 3. The van der Waals surface area contributed by atoms with E-state index >= 15 is 0 Å². The molecule has 3 heterocycles. The molecule has 6 atom stereocenters. The first-order chi connectivity index (χ1) is 18.2. The van der Waals surface area contributed by atoms with Crippen LogP contribution in [0.1, 0.15) is 37.8 Å².